The molecule has 1 aliphatic rings. The number of rotatable bonds is 9. The number of piperidine rings is 1. The number of carbonyl (C=O) groups excluding carboxylic acids is 3. The highest BCUT2D eigenvalue weighted by Gasteiger charge is 2.21. The highest BCUT2D eigenvalue weighted by Crippen LogP contribution is 2.27. The quantitative estimate of drug-likeness (QED) is 0.0744. The van der Waals surface area contributed by atoms with Crippen LogP contribution in [0, 0.1) is 12.7 Å². The van der Waals surface area contributed by atoms with Crippen molar-refractivity contribution in [3.05, 3.63) is 203 Å². The van der Waals surface area contributed by atoms with Gasteiger partial charge in [0.05, 0.1) is 17.5 Å². The molecular weight excluding hydrogens is 978 g/mol. The van der Waals surface area contributed by atoms with Crippen molar-refractivity contribution in [3.63, 3.8) is 0 Å². The van der Waals surface area contributed by atoms with Crippen molar-refractivity contribution < 1.29 is 23.9 Å². The summed E-state index contributed by atoms with van der Waals surface area (Å²) < 4.78 is 14.4. The number of aromatic nitrogens is 3. The highest BCUT2D eigenvalue weighted by atomic mass is 35.5. The van der Waals surface area contributed by atoms with Crippen molar-refractivity contribution in [2.45, 2.75) is 25.9 Å². The van der Waals surface area contributed by atoms with Gasteiger partial charge in [-0.2, -0.15) is 0 Å². The lowest BCUT2D eigenvalue weighted by Gasteiger charge is -2.32. The second kappa shape index (κ2) is 25.7. The smallest absolute Gasteiger partial charge is 0.323 e. The van der Waals surface area contributed by atoms with E-state index in [2.05, 4.69) is 46.9 Å². The Morgan fingerprint density at radius 1 is 0.569 bits per heavy atom. The van der Waals surface area contributed by atoms with Gasteiger partial charge < -0.3 is 41.9 Å². The van der Waals surface area contributed by atoms with E-state index in [0.717, 1.165) is 40.9 Å². The second-order valence-electron chi connectivity index (χ2n) is 16.1. The summed E-state index contributed by atoms with van der Waals surface area (Å²) in [5.41, 5.74) is 8.78. The number of urea groups is 3. The van der Waals surface area contributed by atoms with Gasteiger partial charge in [-0.15, -0.1) is 0 Å². The highest BCUT2D eigenvalue weighted by molar-refractivity contribution is 6.31. The number of aliphatic hydroxyl groups is 1. The molecule has 1 fully saturated rings. The number of nitrogens with one attached hydrogen (secondary N) is 6. The third kappa shape index (κ3) is 16.2. The molecule has 18 heteroatoms. The topological polar surface area (TPSA) is 186 Å². The maximum atomic E-state index is 14.4. The summed E-state index contributed by atoms with van der Waals surface area (Å²) in [6.07, 6.45) is 6.19. The number of amides is 6. The van der Waals surface area contributed by atoms with Gasteiger partial charge in [-0.05, 0) is 158 Å². The Morgan fingerprint density at radius 2 is 1.06 bits per heavy atom. The van der Waals surface area contributed by atoms with Gasteiger partial charge in [-0.25, -0.2) is 28.7 Å². The number of carbonyl (C=O) groups is 3. The fraction of sp³-hybridized carbons (Fsp3) is 0.111. The van der Waals surface area contributed by atoms with Crippen LogP contribution in [0.15, 0.2) is 176 Å². The summed E-state index contributed by atoms with van der Waals surface area (Å²) >= 11 is 17.4. The zero-order valence-corrected chi connectivity index (χ0v) is 40.9. The lowest BCUT2D eigenvalue weighted by Crippen LogP contribution is -2.38. The minimum atomic E-state index is -0.470. The minimum Gasteiger partial charge on any atom is -0.391 e. The molecule has 0 saturated carbocycles. The molecule has 1 aliphatic heterocycles. The molecule has 1 atom stereocenters. The number of nitrogens with zero attached hydrogens (tertiary/aromatic N) is 4. The van der Waals surface area contributed by atoms with Crippen molar-refractivity contribution in [2.75, 3.05) is 49.9 Å². The lowest BCUT2D eigenvalue weighted by molar-refractivity contribution is 0.154. The zero-order chi connectivity index (χ0) is 50.8. The standard InChI is InChI=1S/C18H19ClFN3O2.C18H15ClN4O.C18H14ClN3O/c19-12-3-5-13(6-4-12)21-18(25)22-14-7-8-17(16(20)10-14)23-9-1-2-15(24)11-23;1-12-9-17(21-11-20-12)13-3-2-4-16(10-13)23-18(24)22-15-7-5-14(19)6-8-15;19-15-5-9-17(10-6-15)22-18(23)21-16-7-3-13(4-8-16)14-2-1-11-20-12-14/h3-8,10,15,24H,1-2,9,11H2,(H2,21,22,25);2-11H,1H3,(H2,22,23,24);1-12H,(H2,21,22,23). The molecule has 0 radical (unpaired) electrons. The van der Waals surface area contributed by atoms with Crippen LogP contribution < -0.4 is 36.8 Å². The first kappa shape index (κ1) is 51.8. The predicted octanol–water partition coefficient (Wildman–Crippen LogP) is 13.9. The number of anilines is 7. The van der Waals surface area contributed by atoms with E-state index in [1.54, 1.807) is 97.3 Å². The first-order chi connectivity index (χ1) is 34.8. The van der Waals surface area contributed by atoms with Crippen LogP contribution in [0.5, 0.6) is 0 Å². The Hall–Kier alpha value is -8.08. The van der Waals surface area contributed by atoms with Crippen LogP contribution in [0.2, 0.25) is 15.1 Å². The molecule has 366 valence electrons. The van der Waals surface area contributed by atoms with Gasteiger partial charge in [0.2, 0.25) is 0 Å². The molecule has 3 heterocycles. The molecule has 1 saturated heterocycles. The number of β-amino-alcohol motifs (C(OH)–C–C–N with tert-alkyl or cyclic N) is 1. The minimum absolute atomic E-state index is 0.304. The molecular formula is C54H48Cl3FN10O4. The van der Waals surface area contributed by atoms with E-state index in [9.17, 15) is 23.9 Å². The van der Waals surface area contributed by atoms with Crippen LogP contribution in [0.3, 0.4) is 0 Å². The van der Waals surface area contributed by atoms with Gasteiger partial charge in [-0.1, -0.05) is 65.1 Å². The average Bonchev–Trinajstić information content (AvgIpc) is 3.37. The monoisotopic (exact) mass is 1020 g/mol. The van der Waals surface area contributed by atoms with Crippen molar-refractivity contribution in [1.29, 1.82) is 0 Å². The summed E-state index contributed by atoms with van der Waals surface area (Å²) in [7, 11) is 0. The molecule has 6 aromatic carbocycles. The Bertz CT molecular complexity index is 3070. The molecule has 6 amide bonds. The van der Waals surface area contributed by atoms with Crippen LogP contribution in [0.4, 0.5) is 58.6 Å². The number of benzene rings is 6. The molecule has 7 N–H and O–H groups in total. The Kier molecular flexibility index (Phi) is 18.5. The number of halogens is 4. The van der Waals surface area contributed by atoms with Crippen molar-refractivity contribution in [1.82, 2.24) is 15.0 Å². The first-order valence-electron chi connectivity index (χ1n) is 22.4. The molecule has 14 nitrogen and oxygen atoms in total. The summed E-state index contributed by atoms with van der Waals surface area (Å²) in [6.45, 7) is 3.03. The molecule has 0 bridgehead atoms. The summed E-state index contributed by atoms with van der Waals surface area (Å²) in [5, 5.41) is 27.9. The molecule has 72 heavy (non-hydrogen) atoms. The van der Waals surface area contributed by atoms with E-state index in [1.165, 1.54) is 12.4 Å². The van der Waals surface area contributed by atoms with Gasteiger partial charge in [0.15, 0.2) is 0 Å². The SMILES string of the molecule is Cc1cc(-c2cccc(NC(=O)Nc3ccc(Cl)cc3)c2)ncn1.O=C(Nc1ccc(Cl)cc1)Nc1ccc(-c2cccnc2)cc1.O=C(Nc1ccc(Cl)cc1)Nc1ccc(N2CCCC(O)C2)c(F)c1. The van der Waals surface area contributed by atoms with Gasteiger partial charge in [0, 0.05) is 85.9 Å². The van der Waals surface area contributed by atoms with Gasteiger partial charge in [0.1, 0.15) is 12.1 Å². The average molecular weight is 1030 g/mol. The molecule has 0 aliphatic carbocycles. The van der Waals surface area contributed by atoms with Crippen LogP contribution in [0.1, 0.15) is 18.5 Å². The fourth-order valence-electron chi connectivity index (χ4n) is 7.14. The first-order valence-corrected chi connectivity index (χ1v) is 23.6. The van der Waals surface area contributed by atoms with Crippen LogP contribution in [-0.2, 0) is 0 Å². The van der Waals surface area contributed by atoms with Gasteiger partial charge in [0.25, 0.3) is 0 Å². The molecule has 0 spiro atoms. The maximum absolute atomic E-state index is 14.4. The van der Waals surface area contributed by atoms with E-state index in [-0.39, 0.29) is 12.1 Å². The van der Waals surface area contributed by atoms with Crippen LogP contribution in [-0.4, -0.2) is 57.3 Å². The maximum Gasteiger partial charge on any atom is 0.323 e. The Morgan fingerprint density at radius 3 is 1.54 bits per heavy atom. The third-order valence-corrected chi connectivity index (χ3v) is 11.4. The third-order valence-electron chi connectivity index (χ3n) is 10.6. The summed E-state index contributed by atoms with van der Waals surface area (Å²) in [5.74, 6) is -0.432. The number of aliphatic hydroxyl groups excluding tert-OH is 1. The number of aryl methyl sites for hydroxylation is 1. The number of pyridine rings is 1. The second-order valence-corrected chi connectivity index (χ2v) is 17.4. The lowest BCUT2D eigenvalue weighted by atomic mass is 10.1. The molecule has 8 aromatic rings. The predicted molar refractivity (Wildman–Crippen MR) is 288 cm³/mol. The van der Waals surface area contributed by atoms with Crippen molar-refractivity contribution >= 4 is 92.7 Å². The Labute approximate surface area is 430 Å². The number of hydrogen-bond acceptors (Lipinski definition) is 8. The summed E-state index contributed by atoms with van der Waals surface area (Å²) in [4.78, 5) is 50.3. The van der Waals surface area contributed by atoms with E-state index in [1.807, 2.05) is 78.6 Å². The number of hydrogen-bond donors (Lipinski definition) is 7. The Balaban J connectivity index is 0.000000159. The van der Waals surface area contributed by atoms with Crippen molar-refractivity contribution in [3.8, 4) is 22.4 Å². The van der Waals surface area contributed by atoms with Crippen LogP contribution in [0.25, 0.3) is 22.4 Å². The van der Waals surface area contributed by atoms with E-state index in [4.69, 9.17) is 34.8 Å². The van der Waals surface area contributed by atoms with Crippen LogP contribution >= 0.6 is 34.8 Å². The zero-order valence-electron chi connectivity index (χ0n) is 38.6. The normalized spacial score (nSPS) is 12.6. The van der Waals surface area contributed by atoms with Crippen molar-refractivity contribution in [2.24, 2.45) is 0 Å². The largest absolute Gasteiger partial charge is 0.391 e. The molecule has 2 aromatic heterocycles. The van der Waals surface area contributed by atoms with Gasteiger partial charge >= 0.3 is 18.1 Å². The van der Waals surface area contributed by atoms with E-state index < -0.39 is 18.0 Å². The van der Waals surface area contributed by atoms with E-state index >= 15 is 0 Å². The van der Waals surface area contributed by atoms with Gasteiger partial charge in [-0.3, -0.25) is 4.98 Å². The fourth-order valence-corrected chi connectivity index (χ4v) is 7.52. The molecule has 1 unspecified atom stereocenters. The summed E-state index contributed by atoms with van der Waals surface area (Å²) in [6, 6.07) is 44.8. The van der Waals surface area contributed by atoms with E-state index in [0.29, 0.717) is 68.0 Å². The molecule has 9 rings (SSSR count).